The predicted octanol–water partition coefficient (Wildman–Crippen LogP) is 7.05. The van der Waals surface area contributed by atoms with Crippen LogP contribution < -0.4 is 10.6 Å². The smallest absolute Gasteiger partial charge is 0.434 e. The number of carbonyl (C=O) groups excluding carboxylic acids is 2. The van der Waals surface area contributed by atoms with Crippen molar-refractivity contribution in [3.8, 4) is 0 Å². The van der Waals surface area contributed by atoms with Gasteiger partial charge in [-0.3, -0.25) is 4.79 Å². The summed E-state index contributed by atoms with van der Waals surface area (Å²) in [5.41, 5.74) is 5.76. The number of hydrogen-bond donors (Lipinski definition) is 2. The van der Waals surface area contributed by atoms with Crippen molar-refractivity contribution in [1.82, 2.24) is 15.3 Å². The molecule has 1 amide bonds. The highest BCUT2D eigenvalue weighted by molar-refractivity contribution is 6.24. The molecule has 2 saturated carbocycles. The van der Waals surface area contributed by atoms with Crippen molar-refractivity contribution in [2.24, 2.45) is 0 Å². The lowest BCUT2D eigenvalue weighted by Gasteiger charge is -2.37. The van der Waals surface area contributed by atoms with Gasteiger partial charge < -0.3 is 24.8 Å². The van der Waals surface area contributed by atoms with E-state index in [2.05, 4.69) is 26.7 Å². The number of benzene rings is 2. The minimum atomic E-state index is -0.778. The van der Waals surface area contributed by atoms with Gasteiger partial charge in [0.1, 0.15) is 5.76 Å². The summed E-state index contributed by atoms with van der Waals surface area (Å²) in [4.78, 5) is 34.1. The molecular formula is C35H42N4O5. The van der Waals surface area contributed by atoms with E-state index in [0.29, 0.717) is 36.0 Å². The zero-order chi connectivity index (χ0) is 31.3. The number of hydrogen-bond acceptors (Lipinski definition) is 8. The second-order valence-electron chi connectivity index (χ2n) is 11.8. The van der Waals surface area contributed by atoms with Crippen molar-refractivity contribution >= 4 is 29.3 Å². The normalized spacial score (nSPS) is 20.9. The quantitative estimate of drug-likeness (QED) is 0.278. The first kappa shape index (κ1) is 31.2. The molecule has 3 aromatic rings. The molecule has 0 atom stereocenters. The maximum atomic E-state index is 13.0. The Kier molecular flexibility index (Phi) is 9.64. The lowest BCUT2D eigenvalue weighted by atomic mass is 9.79. The summed E-state index contributed by atoms with van der Waals surface area (Å²) in [6.45, 7) is 7.87. The van der Waals surface area contributed by atoms with E-state index in [4.69, 9.17) is 14.2 Å². The van der Waals surface area contributed by atoms with Crippen LogP contribution in [-0.4, -0.2) is 47.4 Å². The van der Waals surface area contributed by atoms with E-state index in [-0.39, 0.29) is 18.6 Å². The molecule has 3 aliphatic rings. The number of methoxy groups -OCH3 is 1. The number of rotatable bonds is 7. The number of nitrogens with one attached hydrogen (secondary N) is 2. The molecule has 6 rings (SSSR count). The first-order valence-electron chi connectivity index (χ1n) is 15.4. The fraction of sp³-hybridized carbons (Fsp3) is 0.429. The van der Waals surface area contributed by atoms with E-state index in [1.807, 2.05) is 69.3 Å². The van der Waals surface area contributed by atoms with Gasteiger partial charge in [0.05, 0.1) is 23.8 Å². The average Bonchev–Trinajstić information content (AvgIpc) is 3.82. The van der Waals surface area contributed by atoms with Crippen LogP contribution in [0.3, 0.4) is 0 Å². The van der Waals surface area contributed by atoms with Crippen LogP contribution >= 0.6 is 0 Å². The van der Waals surface area contributed by atoms with Gasteiger partial charge in [-0.1, -0.05) is 42.0 Å². The van der Waals surface area contributed by atoms with Gasteiger partial charge >= 0.3 is 6.16 Å². The van der Waals surface area contributed by atoms with Gasteiger partial charge in [0.25, 0.3) is 5.91 Å². The van der Waals surface area contributed by atoms with Gasteiger partial charge in [0.15, 0.2) is 0 Å². The fourth-order valence-corrected chi connectivity index (χ4v) is 5.87. The number of amides is 1. The molecule has 232 valence electrons. The Bertz CT molecular complexity index is 1530. The van der Waals surface area contributed by atoms with E-state index in [1.165, 1.54) is 18.5 Å². The summed E-state index contributed by atoms with van der Waals surface area (Å²) in [6.07, 6.45) is 4.78. The predicted molar refractivity (Wildman–Crippen MR) is 170 cm³/mol. The van der Waals surface area contributed by atoms with E-state index in [9.17, 15) is 9.59 Å². The van der Waals surface area contributed by atoms with Crippen LogP contribution in [0, 0.1) is 20.8 Å². The molecular weight excluding hydrogens is 556 g/mol. The van der Waals surface area contributed by atoms with E-state index < -0.39 is 11.7 Å². The van der Waals surface area contributed by atoms with Crippen molar-refractivity contribution in [3.63, 3.8) is 0 Å². The summed E-state index contributed by atoms with van der Waals surface area (Å²) in [5.74, 6) is 1.54. The minimum Gasteiger partial charge on any atom is -0.434 e. The molecule has 1 aliphatic heterocycles. The first-order chi connectivity index (χ1) is 21.2. The molecule has 2 heterocycles. The Morgan fingerprint density at radius 2 is 1.73 bits per heavy atom. The van der Waals surface area contributed by atoms with Crippen LogP contribution in [-0.2, 0) is 19.0 Å². The molecule has 2 aliphatic carbocycles. The second kappa shape index (κ2) is 13.6. The molecule has 1 aromatic heterocycles. The molecule has 44 heavy (non-hydrogen) atoms. The summed E-state index contributed by atoms with van der Waals surface area (Å²) in [6, 6.07) is 18.0. The highest BCUT2D eigenvalue weighted by Crippen LogP contribution is 2.44. The maximum absolute atomic E-state index is 13.0. The summed E-state index contributed by atoms with van der Waals surface area (Å²) in [5, 5.41) is 6.35. The molecule has 2 fully saturated rings. The van der Waals surface area contributed by atoms with Gasteiger partial charge in [-0.15, -0.1) is 0 Å². The Morgan fingerprint density at radius 3 is 2.39 bits per heavy atom. The van der Waals surface area contributed by atoms with Crippen LogP contribution in [0.5, 0.6) is 0 Å². The fourth-order valence-electron chi connectivity index (χ4n) is 5.87. The molecule has 9 nitrogen and oxygen atoms in total. The number of anilines is 2. The SMILES string of the molecule is CCOC(=O)OC1=C(c2cc(C)ccc2C)C(=O)NC12CCC(OC)CC2.Cc1cc(C2CC2)nc(Nc2ccccc2)n1. The van der Waals surface area contributed by atoms with Crippen LogP contribution in [0.15, 0.2) is 60.4 Å². The van der Waals surface area contributed by atoms with Crippen molar-refractivity contribution in [2.45, 2.75) is 83.8 Å². The number of nitrogens with zero attached hydrogens (tertiary/aromatic N) is 2. The number of aromatic nitrogens is 2. The first-order valence-corrected chi connectivity index (χ1v) is 15.4. The third-order valence-corrected chi connectivity index (χ3v) is 8.37. The van der Waals surface area contributed by atoms with Crippen LogP contribution in [0.4, 0.5) is 16.4 Å². The molecule has 0 radical (unpaired) electrons. The lowest BCUT2D eigenvalue weighted by Crippen LogP contribution is -2.49. The van der Waals surface area contributed by atoms with Crippen LogP contribution in [0.25, 0.3) is 5.57 Å². The molecule has 9 heteroatoms. The molecule has 0 saturated heterocycles. The Labute approximate surface area is 259 Å². The third kappa shape index (κ3) is 7.27. The third-order valence-electron chi connectivity index (χ3n) is 8.37. The zero-order valence-electron chi connectivity index (χ0n) is 26.2. The van der Waals surface area contributed by atoms with Gasteiger partial charge in [0, 0.05) is 30.1 Å². The second-order valence-corrected chi connectivity index (χ2v) is 11.8. The van der Waals surface area contributed by atoms with Gasteiger partial charge in [0.2, 0.25) is 5.95 Å². The number of aryl methyl sites for hydroxylation is 3. The molecule has 1 spiro atoms. The van der Waals surface area contributed by atoms with Crippen LogP contribution in [0.1, 0.15) is 79.4 Å². The average molecular weight is 599 g/mol. The van der Waals surface area contributed by atoms with Crippen molar-refractivity contribution in [2.75, 3.05) is 19.0 Å². The lowest BCUT2D eigenvalue weighted by molar-refractivity contribution is -0.116. The molecule has 0 unspecified atom stereocenters. The van der Waals surface area contributed by atoms with Gasteiger partial charge in [-0.05, 0) is 95.5 Å². The minimum absolute atomic E-state index is 0.154. The standard InChI is InChI=1S/C21H27NO5.C14H15N3/c1-5-26-20(24)27-18-17(16-12-13(2)6-7-14(16)3)19(23)22-21(18)10-8-15(25-4)9-11-21;1-10-9-13(11-7-8-11)17-14(15-10)16-12-5-3-2-4-6-12/h6-7,12,15H,5,8-11H2,1-4H3,(H,22,23);2-6,9,11H,7-8H2,1H3,(H,15,16,17). The van der Waals surface area contributed by atoms with Crippen molar-refractivity contribution in [1.29, 1.82) is 0 Å². The zero-order valence-corrected chi connectivity index (χ0v) is 26.2. The molecule has 2 N–H and O–H groups in total. The Hall–Kier alpha value is -4.24. The largest absolute Gasteiger partial charge is 0.513 e. The summed E-state index contributed by atoms with van der Waals surface area (Å²) >= 11 is 0. The Morgan fingerprint density at radius 1 is 1.00 bits per heavy atom. The monoisotopic (exact) mass is 598 g/mol. The molecule has 2 aromatic carbocycles. The van der Waals surface area contributed by atoms with E-state index >= 15 is 0 Å². The van der Waals surface area contributed by atoms with Crippen LogP contribution in [0.2, 0.25) is 0 Å². The summed E-state index contributed by atoms with van der Waals surface area (Å²) < 4.78 is 16.1. The van der Waals surface area contributed by atoms with E-state index in [0.717, 1.165) is 40.9 Å². The van der Waals surface area contributed by atoms with Crippen molar-refractivity contribution < 1.29 is 23.8 Å². The molecule has 0 bridgehead atoms. The van der Waals surface area contributed by atoms with Gasteiger partial charge in [-0.25, -0.2) is 14.8 Å². The Balaban J connectivity index is 0.000000193. The number of carbonyl (C=O) groups is 2. The highest BCUT2D eigenvalue weighted by Gasteiger charge is 2.50. The van der Waals surface area contributed by atoms with E-state index in [1.54, 1.807) is 14.0 Å². The highest BCUT2D eigenvalue weighted by atomic mass is 16.7. The van der Waals surface area contributed by atoms with Crippen molar-refractivity contribution in [3.05, 3.63) is 88.4 Å². The maximum Gasteiger partial charge on any atom is 0.513 e. The van der Waals surface area contributed by atoms with Gasteiger partial charge in [-0.2, -0.15) is 0 Å². The number of para-hydroxylation sites is 1. The topological polar surface area (TPSA) is 112 Å². The number of ether oxygens (including phenoxy) is 3. The summed E-state index contributed by atoms with van der Waals surface area (Å²) in [7, 11) is 1.70.